The van der Waals surface area contributed by atoms with Crippen molar-refractivity contribution in [2.75, 3.05) is 18.1 Å². The van der Waals surface area contributed by atoms with E-state index in [4.69, 9.17) is 0 Å². The molecule has 3 nitrogen and oxygen atoms in total. The number of hydrogen-bond acceptors (Lipinski definition) is 3. The van der Waals surface area contributed by atoms with E-state index in [1.54, 1.807) is 0 Å². The first-order valence-corrected chi connectivity index (χ1v) is 6.72. The van der Waals surface area contributed by atoms with Gasteiger partial charge in [-0.2, -0.15) is 11.8 Å². The van der Waals surface area contributed by atoms with Gasteiger partial charge < -0.3 is 5.32 Å². The fraction of sp³-hybridized carbons (Fsp3) is 0.900. The van der Waals surface area contributed by atoms with E-state index in [9.17, 15) is 13.6 Å². The van der Waals surface area contributed by atoms with Gasteiger partial charge in [-0.15, -0.1) is 0 Å². The Labute approximate surface area is 97.7 Å². The van der Waals surface area contributed by atoms with Crippen molar-refractivity contribution in [3.05, 3.63) is 0 Å². The zero-order valence-corrected chi connectivity index (χ0v) is 9.79. The van der Waals surface area contributed by atoms with Gasteiger partial charge >= 0.3 is 0 Å². The zero-order chi connectivity index (χ0) is 11.6. The molecule has 1 atom stereocenters. The van der Waals surface area contributed by atoms with Crippen LogP contribution in [0.15, 0.2) is 0 Å². The molecule has 2 aliphatic heterocycles. The maximum atomic E-state index is 12.9. The fourth-order valence-corrected chi connectivity index (χ4v) is 3.15. The lowest BCUT2D eigenvalue weighted by Crippen LogP contribution is -2.46. The standard InChI is InChI=1S/C10H16F2N2OS/c11-10(12)5-8(13-6-10)9(15)14-7-1-3-16-4-2-7/h7-8,13H,1-6H2,(H,14,15). The van der Waals surface area contributed by atoms with Gasteiger partial charge in [-0.1, -0.05) is 0 Å². The molecule has 2 saturated heterocycles. The van der Waals surface area contributed by atoms with Gasteiger partial charge in [-0.25, -0.2) is 8.78 Å². The Hall–Kier alpha value is -0.360. The number of hydrogen-bond donors (Lipinski definition) is 2. The third-order valence-corrected chi connectivity index (χ3v) is 4.04. The molecule has 1 amide bonds. The summed E-state index contributed by atoms with van der Waals surface area (Å²) in [5.41, 5.74) is 0. The molecule has 6 heteroatoms. The van der Waals surface area contributed by atoms with Crippen LogP contribution < -0.4 is 10.6 Å². The molecule has 0 spiro atoms. The minimum absolute atomic E-state index is 0.171. The molecule has 16 heavy (non-hydrogen) atoms. The predicted octanol–water partition coefficient (Wildman–Crippen LogP) is 0.995. The third kappa shape index (κ3) is 3.07. The van der Waals surface area contributed by atoms with Crippen LogP contribution in [-0.4, -0.2) is 42.0 Å². The predicted molar refractivity (Wildman–Crippen MR) is 59.8 cm³/mol. The van der Waals surface area contributed by atoms with Gasteiger partial charge in [0.15, 0.2) is 0 Å². The molecule has 0 aromatic rings. The van der Waals surface area contributed by atoms with E-state index in [1.165, 1.54) is 0 Å². The summed E-state index contributed by atoms with van der Waals surface area (Å²) in [7, 11) is 0. The van der Waals surface area contributed by atoms with E-state index in [0.29, 0.717) is 0 Å². The summed E-state index contributed by atoms with van der Waals surface area (Å²) in [5.74, 6) is -0.919. The number of nitrogens with one attached hydrogen (secondary N) is 2. The number of carbonyl (C=O) groups excluding carboxylic acids is 1. The summed E-state index contributed by atoms with van der Waals surface area (Å²) in [5, 5.41) is 5.42. The lowest BCUT2D eigenvalue weighted by Gasteiger charge is -2.24. The number of halogens is 2. The monoisotopic (exact) mass is 250 g/mol. The highest BCUT2D eigenvalue weighted by molar-refractivity contribution is 7.99. The van der Waals surface area contributed by atoms with Crippen LogP contribution in [0.3, 0.4) is 0 Å². The number of carbonyl (C=O) groups is 1. The molecule has 2 rings (SSSR count). The van der Waals surface area contributed by atoms with Crippen LogP contribution >= 0.6 is 11.8 Å². The average molecular weight is 250 g/mol. The summed E-state index contributed by atoms with van der Waals surface area (Å²) in [6, 6.07) is -0.547. The molecule has 0 saturated carbocycles. The number of amides is 1. The minimum Gasteiger partial charge on any atom is -0.352 e. The third-order valence-electron chi connectivity index (χ3n) is 2.99. The van der Waals surface area contributed by atoms with Crippen molar-refractivity contribution < 1.29 is 13.6 Å². The first-order valence-electron chi connectivity index (χ1n) is 5.56. The van der Waals surface area contributed by atoms with Crippen molar-refractivity contribution in [3.8, 4) is 0 Å². The van der Waals surface area contributed by atoms with E-state index < -0.39 is 12.0 Å². The Morgan fingerprint density at radius 1 is 1.38 bits per heavy atom. The highest BCUT2D eigenvalue weighted by Gasteiger charge is 2.42. The second-order valence-electron chi connectivity index (χ2n) is 4.39. The number of thioether (sulfide) groups is 1. The van der Waals surface area contributed by atoms with E-state index in [2.05, 4.69) is 10.6 Å². The van der Waals surface area contributed by atoms with Crippen LogP contribution in [0.2, 0.25) is 0 Å². The molecule has 2 fully saturated rings. The summed E-state index contributed by atoms with van der Waals surface area (Å²) in [4.78, 5) is 11.7. The fourth-order valence-electron chi connectivity index (χ4n) is 2.04. The number of rotatable bonds is 2. The minimum atomic E-state index is -2.73. The molecule has 2 aliphatic rings. The smallest absolute Gasteiger partial charge is 0.262 e. The van der Waals surface area contributed by atoms with Crippen molar-refractivity contribution in [2.24, 2.45) is 0 Å². The van der Waals surface area contributed by atoms with Gasteiger partial charge in [-0.3, -0.25) is 10.1 Å². The molecule has 92 valence electrons. The van der Waals surface area contributed by atoms with Crippen molar-refractivity contribution >= 4 is 17.7 Å². The maximum Gasteiger partial charge on any atom is 0.262 e. The van der Waals surface area contributed by atoms with Gasteiger partial charge in [0.05, 0.1) is 12.6 Å². The average Bonchev–Trinajstić information content (AvgIpc) is 2.60. The Morgan fingerprint density at radius 3 is 2.62 bits per heavy atom. The molecule has 1 unspecified atom stereocenters. The molecule has 0 aliphatic carbocycles. The summed E-state index contributed by atoms with van der Waals surface area (Å²) >= 11 is 1.87. The number of alkyl halides is 2. The summed E-state index contributed by atoms with van der Waals surface area (Å²) in [6.07, 6.45) is 1.51. The molecule has 0 aromatic heterocycles. The zero-order valence-electron chi connectivity index (χ0n) is 8.97. The molecule has 0 radical (unpaired) electrons. The summed E-state index contributed by atoms with van der Waals surface area (Å²) < 4.78 is 25.8. The quantitative estimate of drug-likeness (QED) is 0.768. The Morgan fingerprint density at radius 2 is 2.06 bits per heavy atom. The SMILES string of the molecule is O=C(NC1CCSCC1)C1CC(F)(F)CN1. The molecule has 0 bridgehead atoms. The normalized spacial score (nSPS) is 30.2. The topological polar surface area (TPSA) is 41.1 Å². The van der Waals surface area contributed by atoms with Gasteiger partial charge in [0.25, 0.3) is 5.92 Å². The second-order valence-corrected chi connectivity index (χ2v) is 5.61. The van der Waals surface area contributed by atoms with Crippen molar-refractivity contribution in [3.63, 3.8) is 0 Å². The van der Waals surface area contributed by atoms with E-state index >= 15 is 0 Å². The lowest BCUT2D eigenvalue weighted by atomic mass is 10.1. The Balaban J connectivity index is 1.79. The molecule has 2 heterocycles. The lowest BCUT2D eigenvalue weighted by molar-refractivity contribution is -0.124. The largest absolute Gasteiger partial charge is 0.352 e. The first kappa shape index (κ1) is 12.1. The molecule has 2 N–H and O–H groups in total. The Bertz CT molecular complexity index is 270. The van der Waals surface area contributed by atoms with Crippen LogP contribution in [0.1, 0.15) is 19.3 Å². The molecular weight excluding hydrogens is 234 g/mol. The van der Waals surface area contributed by atoms with Gasteiger partial charge in [0.2, 0.25) is 5.91 Å². The van der Waals surface area contributed by atoms with Gasteiger partial charge in [-0.05, 0) is 24.3 Å². The van der Waals surface area contributed by atoms with Crippen molar-refractivity contribution in [1.29, 1.82) is 0 Å². The van der Waals surface area contributed by atoms with Gasteiger partial charge in [0, 0.05) is 12.5 Å². The van der Waals surface area contributed by atoms with E-state index in [0.717, 1.165) is 24.3 Å². The van der Waals surface area contributed by atoms with Crippen LogP contribution in [0.25, 0.3) is 0 Å². The Kier molecular flexibility index (Phi) is 3.69. The van der Waals surface area contributed by atoms with E-state index in [-0.39, 0.29) is 24.9 Å². The second kappa shape index (κ2) is 4.87. The highest BCUT2D eigenvalue weighted by Crippen LogP contribution is 2.25. The van der Waals surface area contributed by atoms with Crippen molar-refractivity contribution in [2.45, 2.75) is 37.3 Å². The van der Waals surface area contributed by atoms with Crippen LogP contribution in [0.4, 0.5) is 8.78 Å². The van der Waals surface area contributed by atoms with Crippen molar-refractivity contribution in [1.82, 2.24) is 10.6 Å². The highest BCUT2D eigenvalue weighted by atomic mass is 32.2. The maximum absolute atomic E-state index is 12.9. The van der Waals surface area contributed by atoms with Crippen LogP contribution in [0, 0.1) is 0 Å². The van der Waals surface area contributed by atoms with Crippen LogP contribution in [0.5, 0.6) is 0 Å². The van der Waals surface area contributed by atoms with E-state index in [1.807, 2.05) is 11.8 Å². The van der Waals surface area contributed by atoms with Crippen LogP contribution in [-0.2, 0) is 4.79 Å². The first-order chi connectivity index (χ1) is 7.57. The molecular formula is C10H16F2N2OS. The van der Waals surface area contributed by atoms with Gasteiger partial charge in [0.1, 0.15) is 0 Å². The molecule has 0 aromatic carbocycles. The summed E-state index contributed by atoms with van der Waals surface area (Å²) in [6.45, 7) is -0.383.